The summed E-state index contributed by atoms with van der Waals surface area (Å²) >= 11 is 0. The van der Waals surface area contributed by atoms with Crippen LogP contribution in [0.25, 0.3) is 11.3 Å². The SMILES string of the molecule is CC(C)c1ccc(-c2ccc(Oc3cc(C(=O)NC4CC5(C4)CN(C4CCS(=O)(=O)CC4)C5)c(F)cc3CN3C[C@@H](C)CC3=O)cc2)nn1. The summed E-state index contributed by atoms with van der Waals surface area (Å²) in [5.41, 5.74) is 3.04. The Labute approximate surface area is 287 Å². The van der Waals surface area contributed by atoms with Crippen LogP contribution < -0.4 is 10.1 Å². The molecule has 12 heteroatoms. The van der Waals surface area contributed by atoms with Gasteiger partial charge in [0.25, 0.3) is 5.91 Å². The Morgan fingerprint density at radius 1 is 1.06 bits per heavy atom. The third-order valence-electron chi connectivity index (χ3n) is 10.6. The van der Waals surface area contributed by atoms with E-state index in [4.69, 9.17) is 4.74 Å². The van der Waals surface area contributed by atoms with Crippen molar-refractivity contribution >= 4 is 21.7 Å². The number of carbonyl (C=O) groups is 2. The van der Waals surface area contributed by atoms with Gasteiger partial charge < -0.3 is 15.0 Å². The lowest BCUT2D eigenvalue weighted by Crippen LogP contribution is -2.68. The molecule has 2 aromatic carbocycles. The van der Waals surface area contributed by atoms with Crippen LogP contribution in [-0.4, -0.2) is 83.5 Å². The van der Waals surface area contributed by atoms with E-state index in [9.17, 15) is 18.0 Å². The first-order chi connectivity index (χ1) is 23.3. The number of rotatable bonds is 9. The number of amides is 2. The quantitative estimate of drug-likeness (QED) is 0.320. The van der Waals surface area contributed by atoms with E-state index in [0.29, 0.717) is 48.9 Å². The molecule has 0 bridgehead atoms. The second kappa shape index (κ2) is 13.1. The fraction of sp³-hybridized carbons (Fsp3) is 0.514. The van der Waals surface area contributed by atoms with Crippen LogP contribution >= 0.6 is 0 Å². The molecule has 1 aromatic heterocycles. The van der Waals surface area contributed by atoms with Crippen LogP contribution in [0.3, 0.4) is 0 Å². The maximum absolute atomic E-state index is 15.6. The maximum atomic E-state index is 15.6. The van der Waals surface area contributed by atoms with Crippen LogP contribution in [0.4, 0.5) is 4.39 Å². The van der Waals surface area contributed by atoms with Gasteiger partial charge in [0.05, 0.1) is 28.5 Å². The minimum absolute atomic E-state index is 0.0108. The smallest absolute Gasteiger partial charge is 0.254 e. The topological polar surface area (TPSA) is 122 Å². The highest BCUT2D eigenvalue weighted by molar-refractivity contribution is 7.91. The summed E-state index contributed by atoms with van der Waals surface area (Å²) < 4.78 is 45.5. The first-order valence-electron chi connectivity index (χ1n) is 17.3. The van der Waals surface area contributed by atoms with Gasteiger partial charge in [-0.3, -0.25) is 14.5 Å². The number of aromatic nitrogens is 2. The maximum Gasteiger partial charge on any atom is 0.254 e. The Morgan fingerprint density at radius 3 is 2.39 bits per heavy atom. The molecule has 1 spiro atoms. The first-order valence-corrected chi connectivity index (χ1v) is 19.1. The molecule has 49 heavy (non-hydrogen) atoms. The standard InChI is InChI=1S/C37H44FN5O5S/c1-23(2)32-8-9-33(41-40-32)25-4-6-29(7-5-25)48-34-16-30(31(38)15-26(34)20-42-19-24(3)14-35(42)44)36(45)39-27-17-37(18-27)21-43(22-37)28-10-12-49(46,47)13-11-28/h4-9,15-16,23-24,27-28H,10-14,17-22H2,1-3H3,(H,39,45)/t24-/m0/s1. The van der Waals surface area contributed by atoms with Gasteiger partial charge in [0.1, 0.15) is 27.2 Å². The van der Waals surface area contributed by atoms with Crippen molar-refractivity contribution in [1.29, 1.82) is 0 Å². The van der Waals surface area contributed by atoms with Gasteiger partial charge in [0, 0.05) is 55.8 Å². The third kappa shape index (κ3) is 7.21. The molecule has 2 amide bonds. The summed E-state index contributed by atoms with van der Waals surface area (Å²) in [6, 6.07) is 14.3. The van der Waals surface area contributed by atoms with E-state index < -0.39 is 21.6 Å². The lowest BCUT2D eigenvalue weighted by Gasteiger charge is -2.61. The average Bonchev–Trinajstić information content (AvgIpc) is 3.35. The van der Waals surface area contributed by atoms with Gasteiger partial charge in [0.2, 0.25) is 5.91 Å². The highest BCUT2D eigenvalue weighted by atomic mass is 32.2. The van der Waals surface area contributed by atoms with E-state index in [2.05, 4.69) is 34.3 Å². The zero-order chi connectivity index (χ0) is 34.5. The number of halogens is 1. The molecule has 1 atom stereocenters. The van der Waals surface area contributed by atoms with Crippen molar-refractivity contribution in [2.75, 3.05) is 31.1 Å². The Hall–Kier alpha value is -3.90. The van der Waals surface area contributed by atoms with Crippen LogP contribution in [0.15, 0.2) is 48.5 Å². The normalized spacial score (nSPS) is 22.3. The van der Waals surface area contributed by atoms with Crippen LogP contribution in [0, 0.1) is 17.2 Å². The highest BCUT2D eigenvalue weighted by Crippen LogP contribution is 2.50. The molecule has 1 N–H and O–H groups in total. The van der Waals surface area contributed by atoms with Crippen LogP contribution in [0.2, 0.25) is 0 Å². The van der Waals surface area contributed by atoms with Crippen LogP contribution in [0.5, 0.6) is 11.5 Å². The predicted octanol–water partition coefficient (Wildman–Crippen LogP) is 5.34. The minimum atomic E-state index is -2.89. The van der Waals surface area contributed by atoms with E-state index in [1.54, 1.807) is 17.0 Å². The van der Waals surface area contributed by atoms with E-state index in [-0.39, 0.29) is 52.8 Å². The molecular weight excluding hydrogens is 646 g/mol. The molecule has 4 fully saturated rings. The van der Waals surface area contributed by atoms with Crippen molar-refractivity contribution in [3.8, 4) is 22.8 Å². The molecule has 260 valence electrons. The largest absolute Gasteiger partial charge is 0.457 e. The monoisotopic (exact) mass is 689 g/mol. The number of carbonyl (C=O) groups excluding carboxylic acids is 2. The number of nitrogens with zero attached hydrogens (tertiary/aromatic N) is 4. The van der Waals surface area contributed by atoms with Crippen molar-refractivity contribution in [2.45, 2.75) is 77.4 Å². The van der Waals surface area contributed by atoms with Gasteiger partial charge in [-0.2, -0.15) is 10.2 Å². The zero-order valence-electron chi connectivity index (χ0n) is 28.3. The summed E-state index contributed by atoms with van der Waals surface area (Å²) in [4.78, 5) is 30.1. The fourth-order valence-corrected chi connectivity index (χ4v) is 9.33. The van der Waals surface area contributed by atoms with Gasteiger partial charge in [-0.15, -0.1) is 0 Å². The first kappa shape index (κ1) is 33.6. The molecule has 1 saturated carbocycles. The van der Waals surface area contributed by atoms with Gasteiger partial charge in [-0.05, 0) is 91.5 Å². The van der Waals surface area contributed by atoms with Crippen LogP contribution in [-0.2, 0) is 21.2 Å². The van der Waals surface area contributed by atoms with E-state index in [1.165, 1.54) is 12.1 Å². The summed E-state index contributed by atoms with van der Waals surface area (Å²) in [6.07, 6.45) is 3.46. The molecular formula is C37H44FN5O5S. The van der Waals surface area contributed by atoms with Crippen molar-refractivity contribution < 1.29 is 27.1 Å². The number of sulfone groups is 1. The lowest BCUT2D eigenvalue weighted by molar-refractivity contribution is -0.128. The zero-order valence-corrected chi connectivity index (χ0v) is 29.1. The molecule has 0 unspecified atom stereocenters. The molecule has 4 heterocycles. The summed E-state index contributed by atoms with van der Waals surface area (Å²) in [5.74, 6) is 0.698. The summed E-state index contributed by atoms with van der Waals surface area (Å²) in [7, 11) is -2.89. The summed E-state index contributed by atoms with van der Waals surface area (Å²) in [6.45, 7) is 8.73. The van der Waals surface area contributed by atoms with Crippen molar-refractivity contribution in [2.24, 2.45) is 11.3 Å². The number of ether oxygens (including phenoxy) is 1. The van der Waals surface area contributed by atoms with Gasteiger partial charge in [-0.1, -0.05) is 20.8 Å². The van der Waals surface area contributed by atoms with Gasteiger partial charge >= 0.3 is 0 Å². The number of benzene rings is 2. The van der Waals surface area contributed by atoms with Gasteiger partial charge in [-0.25, -0.2) is 12.8 Å². The Kier molecular flexibility index (Phi) is 8.98. The molecule has 10 nitrogen and oxygen atoms in total. The number of hydrogen-bond acceptors (Lipinski definition) is 8. The molecule has 0 radical (unpaired) electrons. The van der Waals surface area contributed by atoms with Gasteiger partial charge in [0.15, 0.2) is 0 Å². The molecule has 7 rings (SSSR count). The molecule has 1 aliphatic carbocycles. The number of hydrogen-bond donors (Lipinski definition) is 1. The number of likely N-dealkylation sites (tertiary alicyclic amines) is 2. The number of nitrogens with one attached hydrogen (secondary N) is 1. The van der Waals surface area contributed by atoms with E-state index in [1.807, 2.05) is 31.2 Å². The van der Waals surface area contributed by atoms with Crippen LogP contribution in [0.1, 0.15) is 80.4 Å². The van der Waals surface area contributed by atoms with Crippen molar-refractivity contribution in [3.05, 3.63) is 71.2 Å². The Bertz CT molecular complexity index is 1820. The average molecular weight is 690 g/mol. The van der Waals surface area contributed by atoms with E-state index in [0.717, 1.165) is 42.9 Å². The molecule has 3 aliphatic heterocycles. The fourth-order valence-electron chi connectivity index (χ4n) is 7.87. The summed E-state index contributed by atoms with van der Waals surface area (Å²) in [5, 5.41) is 11.7. The van der Waals surface area contributed by atoms with Crippen molar-refractivity contribution in [1.82, 2.24) is 25.3 Å². The predicted molar refractivity (Wildman–Crippen MR) is 183 cm³/mol. The second-order valence-electron chi connectivity index (χ2n) is 15.0. The minimum Gasteiger partial charge on any atom is -0.457 e. The molecule has 3 aromatic rings. The Balaban J connectivity index is 1.03. The molecule has 3 saturated heterocycles. The second-order valence-corrected chi connectivity index (χ2v) is 17.3. The molecule has 4 aliphatic rings. The van der Waals surface area contributed by atoms with Crippen molar-refractivity contribution in [3.63, 3.8) is 0 Å². The lowest BCUT2D eigenvalue weighted by atomic mass is 9.60. The third-order valence-corrected chi connectivity index (χ3v) is 12.3. The van der Waals surface area contributed by atoms with E-state index >= 15 is 4.39 Å². The highest BCUT2D eigenvalue weighted by Gasteiger charge is 2.54. The Morgan fingerprint density at radius 2 is 1.78 bits per heavy atom.